The van der Waals surface area contributed by atoms with Crippen LogP contribution in [0.15, 0.2) is 0 Å². The molecule has 2 aliphatic rings. The van der Waals surface area contributed by atoms with Gasteiger partial charge in [0.05, 0.1) is 0 Å². The highest BCUT2D eigenvalue weighted by atomic mass is 15.2. The second-order valence-corrected chi connectivity index (χ2v) is 3.92. The molecule has 0 aromatic rings. The lowest BCUT2D eigenvalue weighted by molar-refractivity contribution is 0.165. The summed E-state index contributed by atoms with van der Waals surface area (Å²) in [7, 11) is 0. The SMILES string of the molecule is CC1C[N]CCN1CC1CC1. The largest absolute Gasteiger partial charge is 0.298 e. The average Bonchev–Trinajstić information content (AvgIpc) is 2.78. The first-order valence-corrected chi connectivity index (χ1v) is 4.73. The second kappa shape index (κ2) is 3.11. The Bertz CT molecular complexity index is 132. The molecule has 2 rings (SSSR count). The Morgan fingerprint density at radius 3 is 2.91 bits per heavy atom. The lowest BCUT2D eigenvalue weighted by Crippen LogP contribution is -2.47. The van der Waals surface area contributed by atoms with E-state index in [0.29, 0.717) is 6.04 Å². The normalized spacial score (nSPS) is 34.1. The summed E-state index contributed by atoms with van der Waals surface area (Å²) < 4.78 is 0. The smallest absolute Gasteiger partial charge is 0.0287 e. The van der Waals surface area contributed by atoms with Crippen molar-refractivity contribution in [2.24, 2.45) is 5.92 Å². The fourth-order valence-electron chi connectivity index (χ4n) is 1.72. The maximum atomic E-state index is 4.39. The topological polar surface area (TPSA) is 17.3 Å². The Balaban J connectivity index is 1.78. The van der Waals surface area contributed by atoms with Crippen LogP contribution in [0.25, 0.3) is 0 Å². The Kier molecular flexibility index (Phi) is 2.14. The third-order valence-corrected chi connectivity index (χ3v) is 2.75. The summed E-state index contributed by atoms with van der Waals surface area (Å²) in [5.41, 5.74) is 0. The van der Waals surface area contributed by atoms with Crippen molar-refractivity contribution in [3.05, 3.63) is 0 Å². The zero-order valence-electron chi connectivity index (χ0n) is 7.29. The summed E-state index contributed by atoms with van der Waals surface area (Å²) in [6.07, 6.45) is 2.95. The minimum Gasteiger partial charge on any atom is -0.298 e. The number of piperazine rings is 1. The van der Waals surface area contributed by atoms with Crippen LogP contribution in [-0.2, 0) is 0 Å². The molecule has 0 amide bonds. The standard InChI is InChI=1S/C9H17N2/c1-8-6-10-4-5-11(8)7-9-2-3-9/h8-9H,2-7H2,1H3. The summed E-state index contributed by atoms with van der Waals surface area (Å²) >= 11 is 0. The molecule has 1 radical (unpaired) electrons. The van der Waals surface area contributed by atoms with Crippen molar-refractivity contribution in [1.29, 1.82) is 0 Å². The van der Waals surface area contributed by atoms with Crippen LogP contribution in [0.2, 0.25) is 0 Å². The van der Waals surface area contributed by atoms with E-state index in [2.05, 4.69) is 17.1 Å². The van der Waals surface area contributed by atoms with Crippen molar-refractivity contribution in [2.45, 2.75) is 25.8 Å². The molecule has 63 valence electrons. The van der Waals surface area contributed by atoms with Gasteiger partial charge in [0, 0.05) is 32.2 Å². The van der Waals surface area contributed by atoms with Gasteiger partial charge in [-0.3, -0.25) is 4.90 Å². The second-order valence-electron chi connectivity index (χ2n) is 3.92. The summed E-state index contributed by atoms with van der Waals surface area (Å²) in [6, 6.07) is 0.712. The van der Waals surface area contributed by atoms with Gasteiger partial charge in [0.15, 0.2) is 0 Å². The molecular weight excluding hydrogens is 136 g/mol. The number of hydrogen-bond donors (Lipinski definition) is 0. The van der Waals surface area contributed by atoms with Crippen molar-refractivity contribution in [3.8, 4) is 0 Å². The van der Waals surface area contributed by atoms with E-state index in [1.54, 1.807) is 0 Å². The predicted octanol–water partition coefficient (Wildman–Crippen LogP) is 0.705. The Hall–Kier alpha value is -0.0800. The van der Waals surface area contributed by atoms with E-state index in [9.17, 15) is 0 Å². The number of nitrogens with zero attached hydrogens (tertiary/aromatic N) is 2. The van der Waals surface area contributed by atoms with Crippen molar-refractivity contribution in [3.63, 3.8) is 0 Å². The zero-order valence-corrected chi connectivity index (χ0v) is 7.29. The van der Waals surface area contributed by atoms with Gasteiger partial charge >= 0.3 is 0 Å². The summed E-state index contributed by atoms with van der Waals surface area (Å²) in [4.78, 5) is 2.60. The fourth-order valence-corrected chi connectivity index (χ4v) is 1.72. The van der Waals surface area contributed by atoms with Crippen LogP contribution in [0.5, 0.6) is 0 Å². The maximum absolute atomic E-state index is 4.39. The van der Waals surface area contributed by atoms with Crippen molar-refractivity contribution >= 4 is 0 Å². The lowest BCUT2D eigenvalue weighted by Gasteiger charge is -2.32. The average molecular weight is 153 g/mol. The number of rotatable bonds is 2. The molecule has 0 spiro atoms. The molecule has 1 saturated carbocycles. The van der Waals surface area contributed by atoms with Crippen LogP contribution in [0.1, 0.15) is 19.8 Å². The quantitative estimate of drug-likeness (QED) is 0.571. The van der Waals surface area contributed by atoms with Crippen LogP contribution < -0.4 is 5.32 Å². The Labute approximate surface area is 69.0 Å². The molecule has 2 fully saturated rings. The molecule has 2 heteroatoms. The van der Waals surface area contributed by atoms with Gasteiger partial charge in [-0.2, -0.15) is 0 Å². The number of hydrogen-bond acceptors (Lipinski definition) is 1. The van der Waals surface area contributed by atoms with Crippen LogP contribution in [0.4, 0.5) is 0 Å². The molecule has 0 aromatic carbocycles. The van der Waals surface area contributed by atoms with Gasteiger partial charge in [-0.1, -0.05) is 0 Å². The third-order valence-electron chi connectivity index (χ3n) is 2.75. The molecule has 0 bridgehead atoms. The van der Waals surface area contributed by atoms with Gasteiger partial charge in [0.25, 0.3) is 0 Å². The molecule has 1 saturated heterocycles. The van der Waals surface area contributed by atoms with Gasteiger partial charge in [-0.15, -0.1) is 0 Å². The van der Waals surface area contributed by atoms with Gasteiger partial charge in [-0.05, 0) is 25.7 Å². The van der Waals surface area contributed by atoms with Gasteiger partial charge in [-0.25, -0.2) is 5.32 Å². The third kappa shape index (κ3) is 1.94. The lowest BCUT2D eigenvalue weighted by atomic mass is 10.2. The molecule has 11 heavy (non-hydrogen) atoms. The van der Waals surface area contributed by atoms with Crippen LogP contribution in [0, 0.1) is 5.92 Å². The van der Waals surface area contributed by atoms with E-state index >= 15 is 0 Å². The molecule has 0 aromatic heterocycles. The highest BCUT2D eigenvalue weighted by Crippen LogP contribution is 2.30. The van der Waals surface area contributed by atoms with E-state index in [-0.39, 0.29) is 0 Å². The summed E-state index contributed by atoms with van der Waals surface area (Å²) in [5.74, 6) is 1.04. The molecular formula is C9H17N2. The monoisotopic (exact) mass is 153 g/mol. The fraction of sp³-hybridized carbons (Fsp3) is 1.00. The zero-order chi connectivity index (χ0) is 7.68. The van der Waals surface area contributed by atoms with Crippen LogP contribution in [0.3, 0.4) is 0 Å². The van der Waals surface area contributed by atoms with Gasteiger partial charge in [0.2, 0.25) is 0 Å². The van der Waals surface area contributed by atoms with Crippen molar-refractivity contribution in [2.75, 3.05) is 26.2 Å². The summed E-state index contributed by atoms with van der Waals surface area (Å²) in [6.45, 7) is 6.98. The van der Waals surface area contributed by atoms with Crippen LogP contribution in [-0.4, -0.2) is 37.1 Å². The predicted molar refractivity (Wildman–Crippen MR) is 45.6 cm³/mol. The Morgan fingerprint density at radius 1 is 1.45 bits per heavy atom. The van der Waals surface area contributed by atoms with E-state index in [1.165, 1.54) is 25.9 Å². The van der Waals surface area contributed by atoms with Gasteiger partial charge in [0.1, 0.15) is 0 Å². The van der Waals surface area contributed by atoms with E-state index in [1.807, 2.05) is 0 Å². The molecule has 1 aliphatic carbocycles. The molecule has 1 atom stereocenters. The highest BCUT2D eigenvalue weighted by molar-refractivity contribution is 4.82. The molecule has 1 unspecified atom stereocenters. The first kappa shape index (κ1) is 7.56. The molecule has 0 N–H and O–H groups in total. The van der Waals surface area contributed by atoms with E-state index in [4.69, 9.17) is 0 Å². The molecule has 2 nitrogen and oxygen atoms in total. The highest BCUT2D eigenvalue weighted by Gasteiger charge is 2.27. The molecule has 1 aliphatic heterocycles. The van der Waals surface area contributed by atoms with Gasteiger partial charge < -0.3 is 0 Å². The van der Waals surface area contributed by atoms with Crippen molar-refractivity contribution in [1.82, 2.24) is 10.2 Å². The summed E-state index contributed by atoms with van der Waals surface area (Å²) in [5, 5.41) is 4.39. The Morgan fingerprint density at radius 2 is 2.27 bits per heavy atom. The van der Waals surface area contributed by atoms with E-state index in [0.717, 1.165) is 19.0 Å². The minimum atomic E-state index is 0.712. The maximum Gasteiger partial charge on any atom is 0.0287 e. The minimum absolute atomic E-state index is 0.712. The van der Waals surface area contributed by atoms with E-state index < -0.39 is 0 Å². The first-order valence-electron chi connectivity index (χ1n) is 4.73. The van der Waals surface area contributed by atoms with Crippen molar-refractivity contribution < 1.29 is 0 Å². The van der Waals surface area contributed by atoms with Crippen LogP contribution >= 0.6 is 0 Å². The first-order chi connectivity index (χ1) is 5.36. The molecule has 1 heterocycles.